The number of rotatable bonds is 3. The first-order chi connectivity index (χ1) is 9.10. The topological polar surface area (TPSA) is 66.9 Å². The highest BCUT2D eigenvalue weighted by atomic mass is 35.5. The Morgan fingerprint density at radius 2 is 2.16 bits per heavy atom. The predicted molar refractivity (Wildman–Crippen MR) is 70.9 cm³/mol. The molecule has 0 atom stereocenters. The quantitative estimate of drug-likeness (QED) is 0.907. The van der Waals surface area contributed by atoms with Crippen LogP contribution in [0.4, 0.5) is 15.9 Å². The highest BCUT2D eigenvalue weighted by molar-refractivity contribution is 6.31. The van der Waals surface area contributed by atoms with Crippen LogP contribution >= 0.6 is 11.6 Å². The Morgan fingerprint density at radius 1 is 1.37 bits per heavy atom. The van der Waals surface area contributed by atoms with Crippen LogP contribution in [0.2, 0.25) is 5.02 Å². The molecule has 0 aliphatic heterocycles. The molecule has 2 rings (SSSR count). The Labute approximate surface area is 113 Å². The van der Waals surface area contributed by atoms with Crippen molar-refractivity contribution in [1.82, 2.24) is 9.97 Å². The van der Waals surface area contributed by atoms with E-state index in [-0.39, 0.29) is 11.4 Å². The molecule has 0 fully saturated rings. The van der Waals surface area contributed by atoms with Crippen LogP contribution in [0.15, 0.2) is 30.6 Å². The Balaban J connectivity index is 2.22. The normalized spacial score (nSPS) is 10.1. The minimum Gasteiger partial charge on any atom is -0.372 e. The largest absolute Gasteiger partial charge is 0.372 e. The van der Waals surface area contributed by atoms with Gasteiger partial charge in [0.1, 0.15) is 17.3 Å². The average Bonchev–Trinajstić information content (AvgIpc) is 2.43. The lowest BCUT2D eigenvalue weighted by Gasteiger charge is -2.07. The van der Waals surface area contributed by atoms with Gasteiger partial charge in [0.15, 0.2) is 0 Å². The highest BCUT2D eigenvalue weighted by Crippen LogP contribution is 2.20. The first-order valence-electron chi connectivity index (χ1n) is 5.36. The van der Waals surface area contributed by atoms with Gasteiger partial charge < -0.3 is 10.6 Å². The van der Waals surface area contributed by atoms with E-state index in [0.717, 1.165) is 0 Å². The maximum atomic E-state index is 13.5. The van der Waals surface area contributed by atoms with Crippen molar-refractivity contribution in [3.05, 3.63) is 47.1 Å². The number of carbonyl (C=O) groups excluding carboxylic acids is 1. The van der Waals surface area contributed by atoms with E-state index in [1.807, 2.05) is 0 Å². The summed E-state index contributed by atoms with van der Waals surface area (Å²) in [5, 5.41) is 5.47. The molecular formula is C12H10ClFN4O. The van der Waals surface area contributed by atoms with Crippen LogP contribution < -0.4 is 10.6 Å². The number of aromatic nitrogens is 2. The van der Waals surface area contributed by atoms with Crippen molar-refractivity contribution in [3.8, 4) is 0 Å². The van der Waals surface area contributed by atoms with E-state index in [1.54, 1.807) is 7.05 Å². The van der Waals surface area contributed by atoms with Gasteiger partial charge in [-0.15, -0.1) is 0 Å². The van der Waals surface area contributed by atoms with E-state index in [2.05, 4.69) is 20.6 Å². The summed E-state index contributed by atoms with van der Waals surface area (Å²) in [6, 6.07) is 3.89. The molecule has 0 spiro atoms. The highest BCUT2D eigenvalue weighted by Gasteiger charge is 2.12. The predicted octanol–water partition coefficient (Wildman–Crippen LogP) is 2.56. The molecule has 0 bridgehead atoms. The molecule has 0 radical (unpaired) electrons. The number of nitrogens with zero attached hydrogens (tertiary/aromatic N) is 2. The monoisotopic (exact) mass is 280 g/mol. The molecule has 1 aromatic heterocycles. The summed E-state index contributed by atoms with van der Waals surface area (Å²) >= 11 is 5.74. The molecule has 19 heavy (non-hydrogen) atoms. The molecule has 1 amide bonds. The number of carbonyl (C=O) groups is 1. The molecule has 0 unspecified atom stereocenters. The Bertz CT molecular complexity index is 620. The maximum Gasteiger partial charge on any atom is 0.276 e. The van der Waals surface area contributed by atoms with Crippen molar-refractivity contribution in [3.63, 3.8) is 0 Å². The van der Waals surface area contributed by atoms with E-state index in [1.165, 1.54) is 30.6 Å². The Morgan fingerprint density at radius 3 is 2.89 bits per heavy atom. The molecule has 7 heteroatoms. The Hall–Kier alpha value is -2.21. The van der Waals surface area contributed by atoms with E-state index in [0.29, 0.717) is 10.8 Å². The molecule has 0 saturated carbocycles. The molecular weight excluding hydrogens is 271 g/mol. The number of hydrogen-bond donors (Lipinski definition) is 2. The molecule has 0 saturated heterocycles. The van der Waals surface area contributed by atoms with E-state index in [9.17, 15) is 9.18 Å². The number of halogens is 2. The summed E-state index contributed by atoms with van der Waals surface area (Å²) in [6.07, 6.45) is 2.76. The summed E-state index contributed by atoms with van der Waals surface area (Å²) in [7, 11) is 1.66. The summed E-state index contributed by atoms with van der Waals surface area (Å²) in [6.45, 7) is 0. The van der Waals surface area contributed by atoms with Gasteiger partial charge in [0.05, 0.1) is 18.1 Å². The van der Waals surface area contributed by atoms with Crippen molar-refractivity contribution in [2.45, 2.75) is 0 Å². The maximum absolute atomic E-state index is 13.5. The SMILES string of the molecule is CNc1cncc(C(=O)Nc2cc(Cl)ccc2F)n1. The fourth-order valence-corrected chi connectivity index (χ4v) is 1.55. The van der Waals surface area contributed by atoms with Crippen molar-refractivity contribution < 1.29 is 9.18 Å². The van der Waals surface area contributed by atoms with Crippen LogP contribution in [-0.4, -0.2) is 22.9 Å². The molecule has 0 aliphatic rings. The third-order valence-corrected chi connectivity index (χ3v) is 2.54. The molecule has 1 heterocycles. The average molecular weight is 281 g/mol. The number of hydrogen-bond acceptors (Lipinski definition) is 4. The number of benzene rings is 1. The Kier molecular flexibility index (Phi) is 3.91. The summed E-state index contributed by atoms with van der Waals surface area (Å²) in [4.78, 5) is 19.7. The van der Waals surface area contributed by atoms with Gasteiger partial charge in [-0.2, -0.15) is 0 Å². The number of amides is 1. The minimum atomic E-state index is -0.574. The van der Waals surface area contributed by atoms with Gasteiger partial charge in [-0.3, -0.25) is 9.78 Å². The van der Waals surface area contributed by atoms with E-state index >= 15 is 0 Å². The lowest BCUT2D eigenvalue weighted by atomic mass is 10.3. The van der Waals surface area contributed by atoms with Crippen LogP contribution in [0, 0.1) is 5.82 Å². The first-order valence-corrected chi connectivity index (χ1v) is 5.74. The molecule has 1 aromatic carbocycles. The summed E-state index contributed by atoms with van der Waals surface area (Å²) < 4.78 is 13.5. The van der Waals surface area contributed by atoms with Gasteiger partial charge in [-0.1, -0.05) is 11.6 Å². The first kappa shape index (κ1) is 13.2. The van der Waals surface area contributed by atoms with E-state index < -0.39 is 11.7 Å². The van der Waals surface area contributed by atoms with Gasteiger partial charge in [-0.05, 0) is 18.2 Å². The van der Waals surface area contributed by atoms with Crippen LogP contribution in [0.25, 0.3) is 0 Å². The van der Waals surface area contributed by atoms with Gasteiger partial charge in [0, 0.05) is 12.1 Å². The second-order valence-corrected chi connectivity index (χ2v) is 4.05. The molecule has 2 aromatic rings. The zero-order valence-electron chi connectivity index (χ0n) is 9.95. The second-order valence-electron chi connectivity index (χ2n) is 3.62. The molecule has 0 aliphatic carbocycles. The summed E-state index contributed by atoms with van der Waals surface area (Å²) in [5.41, 5.74) is 0.0698. The van der Waals surface area contributed by atoms with E-state index in [4.69, 9.17) is 11.6 Å². The zero-order chi connectivity index (χ0) is 13.8. The molecule has 2 N–H and O–H groups in total. The zero-order valence-corrected chi connectivity index (χ0v) is 10.7. The standard InChI is InChI=1S/C12H10ClFN4O/c1-15-11-6-16-5-10(17-11)12(19)18-9-4-7(13)2-3-8(9)14/h2-6H,1H3,(H,15,17)(H,18,19). The van der Waals surface area contributed by atoms with Crippen LogP contribution in [0.5, 0.6) is 0 Å². The number of nitrogens with one attached hydrogen (secondary N) is 2. The van der Waals surface area contributed by atoms with Crippen molar-refractivity contribution in [1.29, 1.82) is 0 Å². The molecule has 5 nitrogen and oxygen atoms in total. The minimum absolute atomic E-state index is 0.00541. The van der Waals surface area contributed by atoms with Gasteiger partial charge >= 0.3 is 0 Å². The van der Waals surface area contributed by atoms with Crippen molar-refractivity contribution in [2.75, 3.05) is 17.7 Å². The molecule has 98 valence electrons. The van der Waals surface area contributed by atoms with Crippen LogP contribution in [0.1, 0.15) is 10.5 Å². The van der Waals surface area contributed by atoms with Gasteiger partial charge in [-0.25, -0.2) is 9.37 Å². The van der Waals surface area contributed by atoms with Crippen molar-refractivity contribution >= 4 is 29.0 Å². The number of anilines is 2. The van der Waals surface area contributed by atoms with Crippen LogP contribution in [0.3, 0.4) is 0 Å². The lowest BCUT2D eigenvalue weighted by molar-refractivity contribution is 0.102. The van der Waals surface area contributed by atoms with Gasteiger partial charge in [0.2, 0.25) is 0 Å². The fraction of sp³-hybridized carbons (Fsp3) is 0.0833. The third kappa shape index (κ3) is 3.17. The van der Waals surface area contributed by atoms with Gasteiger partial charge in [0.25, 0.3) is 5.91 Å². The van der Waals surface area contributed by atoms with Crippen molar-refractivity contribution in [2.24, 2.45) is 0 Å². The smallest absolute Gasteiger partial charge is 0.276 e. The lowest BCUT2D eigenvalue weighted by Crippen LogP contribution is -2.15. The van der Waals surface area contributed by atoms with Crippen LogP contribution in [-0.2, 0) is 0 Å². The summed E-state index contributed by atoms with van der Waals surface area (Å²) in [5.74, 6) is -0.694. The third-order valence-electron chi connectivity index (χ3n) is 2.30. The fourth-order valence-electron chi connectivity index (χ4n) is 1.38. The second kappa shape index (κ2) is 5.62.